The van der Waals surface area contributed by atoms with E-state index in [0.29, 0.717) is 22.0 Å². The summed E-state index contributed by atoms with van der Waals surface area (Å²) in [5.41, 5.74) is 1.46. The molecule has 0 heterocycles. The molecule has 2 amide bonds. The van der Waals surface area contributed by atoms with Gasteiger partial charge in [-0.1, -0.05) is 29.8 Å². The van der Waals surface area contributed by atoms with Crippen molar-refractivity contribution in [3.05, 3.63) is 58.9 Å². The van der Waals surface area contributed by atoms with Crippen LogP contribution in [0.5, 0.6) is 0 Å². The van der Waals surface area contributed by atoms with E-state index < -0.39 is 0 Å². The van der Waals surface area contributed by atoms with Crippen LogP contribution in [0.3, 0.4) is 0 Å². The Morgan fingerprint density at radius 1 is 1.12 bits per heavy atom. The molecule has 2 aromatic rings. The van der Waals surface area contributed by atoms with Gasteiger partial charge in [0.2, 0.25) is 11.8 Å². The molecule has 0 unspecified atom stereocenters. The van der Waals surface area contributed by atoms with Crippen molar-refractivity contribution in [1.82, 2.24) is 5.32 Å². The van der Waals surface area contributed by atoms with Gasteiger partial charge >= 0.3 is 0 Å². The predicted octanol–water partition coefficient (Wildman–Crippen LogP) is 3.17. The Bertz CT molecular complexity index is 752. The summed E-state index contributed by atoms with van der Waals surface area (Å²) >= 11 is 5.90. The number of carbonyl (C=O) groups is 2. The summed E-state index contributed by atoms with van der Waals surface area (Å²) in [5, 5.41) is 8.65. The molecule has 0 radical (unpaired) electrons. The molecule has 0 aromatic heterocycles. The van der Waals surface area contributed by atoms with Gasteiger partial charge in [0.05, 0.1) is 17.9 Å². The van der Waals surface area contributed by atoms with E-state index in [1.54, 1.807) is 36.4 Å². The van der Waals surface area contributed by atoms with Gasteiger partial charge in [-0.15, -0.1) is 0 Å². The molecule has 0 saturated heterocycles. The summed E-state index contributed by atoms with van der Waals surface area (Å²) in [6.07, 6.45) is 0. The molecule has 24 heavy (non-hydrogen) atoms. The first-order valence-electron chi connectivity index (χ1n) is 7.27. The molecule has 0 atom stereocenters. The van der Waals surface area contributed by atoms with Crippen molar-refractivity contribution in [3.8, 4) is 0 Å². The zero-order valence-corrected chi connectivity index (χ0v) is 13.8. The molecule has 5 nitrogen and oxygen atoms in total. The SMILES string of the molecule is CC(=O)Nc1cc(Cl)ccc1NCC(=O)NCc1ccccc1F. The molecule has 2 aromatic carbocycles. The van der Waals surface area contributed by atoms with Crippen LogP contribution in [0.1, 0.15) is 12.5 Å². The molecule has 126 valence electrons. The molecule has 0 aliphatic heterocycles. The standard InChI is InChI=1S/C17H17ClFN3O2/c1-11(23)22-16-8-13(18)6-7-15(16)20-10-17(24)21-9-12-4-2-3-5-14(12)19/h2-8,20H,9-10H2,1H3,(H,21,24)(H,22,23). The lowest BCUT2D eigenvalue weighted by molar-refractivity contribution is -0.119. The van der Waals surface area contributed by atoms with Crippen LogP contribution in [-0.4, -0.2) is 18.4 Å². The van der Waals surface area contributed by atoms with E-state index in [4.69, 9.17) is 11.6 Å². The Morgan fingerprint density at radius 3 is 2.58 bits per heavy atom. The van der Waals surface area contributed by atoms with Crippen molar-refractivity contribution in [1.29, 1.82) is 0 Å². The Morgan fingerprint density at radius 2 is 1.88 bits per heavy atom. The molecule has 0 aliphatic carbocycles. The number of carbonyl (C=O) groups excluding carboxylic acids is 2. The average Bonchev–Trinajstić information content (AvgIpc) is 2.53. The molecular formula is C17H17ClFN3O2. The third-order valence-corrected chi connectivity index (χ3v) is 3.40. The maximum absolute atomic E-state index is 13.5. The summed E-state index contributed by atoms with van der Waals surface area (Å²) < 4.78 is 13.5. The minimum Gasteiger partial charge on any atom is -0.374 e. The van der Waals surface area contributed by atoms with Gasteiger partial charge in [0, 0.05) is 24.1 Å². The lowest BCUT2D eigenvalue weighted by atomic mass is 10.2. The summed E-state index contributed by atoms with van der Waals surface area (Å²) in [5.74, 6) is -0.914. The zero-order valence-electron chi connectivity index (χ0n) is 13.0. The van der Waals surface area contributed by atoms with Gasteiger partial charge < -0.3 is 16.0 Å². The highest BCUT2D eigenvalue weighted by atomic mass is 35.5. The first-order chi connectivity index (χ1) is 11.5. The first-order valence-corrected chi connectivity index (χ1v) is 7.64. The van der Waals surface area contributed by atoms with Crippen LogP contribution in [0.2, 0.25) is 5.02 Å². The zero-order chi connectivity index (χ0) is 17.5. The van der Waals surface area contributed by atoms with Gasteiger partial charge in [0.1, 0.15) is 5.82 Å². The molecule has 0 spiro atoms. The van der Waals surface area contributed by atoms with Crippen molar-refractivity contribution >= 4 is 34.8 Å². The third kappa shape index (κ3) is 5.24. The maximum Gasteiger partial charge on any atom is 0.239 e. The summed E-state index contributed by atoms with van der Waals surface area (Å²) in [6.45, 7) is 1.46. The molecule has 0 saturated carbocycles. The van der Waals surface area contributed by atoms with Gasteiger partial charge in [0.15, 0.2) is 0 Å². The highest BCUT2D eigenvalue weighted by Crippen LogP contribution is 2.25. The lowest BCUT2D eigenvalue weighted by Gasteiger charge is -2.13. The van der Waals surface area contributed by atoms with Crippen LogP contribution >= 0.6 is 11.6 Å². The minimum absolute atomic E-state index is 0.0251. The summed E-state index contributed by atoms with van der Waals surface area (Å²) in [4.78, 5) is 23.1. The third-order valence-electron chi connectivity index (χ3n) is 3.17. The Labute approximate surface area is 144 Å². The van der Waals surface area contributed by atoms with E-state index in [2.05, 4.69) is 16.0 Å². The van der Waals surface area contributed by atoms with Crippen molar-refractivity contribution in [2.75, 3.05) is 17.2 Å². The van der Waals surface area contributed by atoms with Gasteiger partial charge in [-0.05, 0) is 24.3 Å². The minimum atomic E-state index is -0.364. The molecule has 2 rings (SSSR count). The van der Waals surface area contributed by atoms with E-state index >= 15 is 0 Å². The topological polar surface area (TPSA) is 70.2 Å². The van der Waals surface area contributed by atoms with Crippen LogP contribution in [0.25, 0.3) is 0 Å². The molecule has 3 N–H and O–H groups in total. The summed E-state index contributed by atoms with van der Waals surface area (Å²) in [7, 11) is 0. The van der Waals surface area contributed by atoms with Crippen LogP contribution in [0.15, 0.2) is 42.5 Å². The number of anilines is 2. The number of halogens is 2. The number of nitrogens with one attached hydrogen (secondary N) is 3. The van der Waals surface area contributed by atoms with E-state index in [0.717, 1.165) is 0 Å². The highest BCUT2D eigenvalue weighted by Gasteiger charge is 2.08. The Kier molecular flexibility index (Phi) is 6.14. The van der Waals surface area contributed by atoms with Gasteiger partial charge in [-0.2, -0.15) is 0 Å². The van der Waals surface area contributed by atoms with E-state index in [1.807, 2.05) is 0 Å². The lowest BCUT2D eigenvalue weighted by Crippen LogP contribution is -2.29. The fourth-order valence-corrected chi connectivity index (χ4v) is 2.21. The fraction of sp³-hybridized carbons (Fsp3) is 0.176. The monoisotopic (exact) mass is 349 g/mol. The molecule has 0 fully saturated rings. The van der Waals surface area contributed by atoms with Crippen LogP contribution in [0.4, 0.5) is 15.8 Å². The number of amides is 2. The molecule has 0 bridgehead atoms. The summed E-state index contributed by atoms with van der Waals surface area (Å²) in [6, 6.07) is 11.1. The quantitative estimate of drug-likeness (QED) is 0.750. The van der Waals surface area contributed by atoms with Crippen LogP contribution < -0.4 is 16.0 Å². The van der Waals surface area contributed by atoms with Crippen molar-refractivity contribution in [2.45, 2.75) is 13.5 Å². The smallest absolute Gasteiger partial charge is 0.239 e. The van der Waals surface area contributed by atoms with Crippen molar-refractivity contribution < 1.29 is 14.0 Å². The molecule has 7 heteroatoms. The maximum atomic E-state index is 13.5. The van der Waals surface area contributed by atoms with Crippen molar-refractivity contribution in [2.24, 2.45) is 0 Å². The average molecular weight is 350 g/mol. The second-order valence-corrected chi connectivity index (χ2v) is 5.53. The Hall–Kier alpha value is -2.60. The first kappa shape index (κ1) is 17.7. The van der Waals surface area contributed by atoms with Crippen molar-refractivity contribution in [3.63, 3.8) is 0 Å². The van der Waals surface area contributed by atoms with Gasteiger partial charge in [-0.25, -0.2) is 4.39 Å². The second-order valence-electron chi connectivity index (χ2n) is 5.09. The van der Waals surface area contributed by atoms with Crippen LogP contribution in [-0.2, 0) is 16.1 Å². The number of hydrogen-bond donors (Lipinski definition) is 3. The van der Waals surface area contributed by atoms with Gasteiger partial charge in [-0.3, -0.25) is 9.59 Å². The predicted molar refractivity (Wildman–Crippen MR) is 92.5 cm³/mol. The number of benzene rings is 2. The van der Waals surface area contributed by atoms with E-state index in [1.165, 1.54) is 13.0 Å². The molecular weight excluding hydrogens is 333 g/mol. The highest BCUT2D eigenvalue weighted by molar-refractivity contribution is 6.31. The normalized spacial score (nSPS) is 10.1. The Balaban J connectivity index is 1.92. The fourth-order valence-electron chi connectivity index (χ4n) is 2.04. The second kappa shape index (κ2) is 8.31. The number of rotatable bonds is 6. The van der Waals surface area contributed by atoms with Gasteiger partial charge in [0.25, 0.3) is 0 Å². The number of hydrogen-bond acceptors (Lipinski definition) is 3. The van der Waals surface area contributed by atoms with Crippen LogP contribution in [0, 0.1) is 5.82 Å². The molecule has 0 aliphatic rings. The van der Waals surface area contributed by atoms with E-state index in [-0.39, 0.29) is 30.7 Å². The largest absolute Gasteiger partial charge is 0.374 e. The van der Waals surface area contributed by atoms with E-state index in [9.17, 15) is 14.0 Å².